The van der Waals surface area contributed by atoms with Gasteiger partial charge in [-0.05, 0) is 45.6 Å². The summed E-state index contributed by atoms with van der Waals surface area (Å²) < 4.78 is 5.23. The number of hydrogen-bond acceptors (Lipinski definition) is 4. The monoisotopic (exact) mass is 553 g/mol. The molecule has 0 saturated carbocycles. The summed E-state index contributed by atoms with van der Waals surface area (Å²) >= 11 is 0. The van der Waals surface area contributed by atoms with Crippen LogP contribution in [-0.2, 0) is 17.6 Å². The van der Waals surface area contributed by atoms with Gasteiger partial charge in [0, 0.05) is 50.6 Å². The lowest BCUT2D eigenvalue weighted by Gasteiger charge is -2.16. The number of rotatable bonds is 10. The van der Waals surface area contributed by atoms with Crippen molar-refractivity contribution in [3.05, 3.63) is 52.9 Å². The molecule has 1 aliphatic heterocycles. The van der Waals surface area contributed by atoms with E-state index in [1.807, 2.05) is 36.9 Å². The summed E-state index contributed by atoms with van der Waals surface area (Å²) in [6.07, 6.45) is 3.39. The molecule has 0 aliphatic carbocycles. The first-order valence-corrected chi connectivity index (χ1v) is 11.3. The maximum Gasteiger partial charge on any atom is 0.223 e. The molecule has 1 amide bonds. The van der Waals surface area contributed by atoms with E-state index in [0.717, 1.165) is 62.9 Å². The molecule has 32 heavy (non-hydrogen) atoms. The van der Waals surface area contributed by atoms with Gasteiger partial charge in [-0.3, -0.25) is 9.79 Å². The Bertz CT molecular complexity index is 849. The predicted octanol–water partition coefficient (Wildman–Crippen LogP) is 3.49. The van der Waals surface area contributed by atoms with Crippen LogP contribution in [0.3, 0.4) is 0 Å². The molecule has 2 aromatic rings. The molecule has 1 aliphatic rings. The SMILES string of the molecule is CCNC(=NCC1CC(=O)N(CCc2ccccc2)C1)NCCCc1c(C)noc1C.I. The molecule has 1 saturated heterocycles. The van der Waals surface area contributed by atoms with E-state index >= 15 is 0 Å². The Morgan fingerprint density at radius 2 is 2.00 bits per heavy atom. The molecule has 1 unspecified atom stereocenters. The van der Waals surface area contributed by atoms with Crippen molar-refractivity contribution in [1.29, 1.82) is 0 Å². The van der Waals surface area contributed by atoms with Crippen molar-refractivity contribution in [1.82, 2.24) is 20.7 Å². The number of carbonyl (C=O) groups excluding carboxylic acids is 1. The molecule has 1 aromatic carbocycles. The molecule has 8 heteroatoms. The number of nitrogens with zero attached hydrogens (tertiary/aromatic N) is 3. The van der Waals surface area contributed by atoms with Crippen molar-refractivity contribution in [3.63, 3.8) is 0 Å². The number of halogens is 1. The second-order valence-electron chi connectivity index (χ2n) is 8.20. The molecule has 0 spiro atoms. The number of aliphatic imine (C=N–C) groups is 1. The first kappa shape index (κ1) is 26.2. The standard InChI is InChI=1S/C24H35N5O2.HI/c1-4-25-24(26-13-8-11-22-18(2)28-31-19(22)3)27-16-21-15-23(30)29(17-21)14-12-20-9-6-5-7-10-20;/h5-7,9-10,21H,4,8,11-17H2,1-3H3,(H2,25,26,27);1H. The van der Waals surface area contributed by atoms with Gasteiger partial charge in [0.1, 0.15) is 5.76 Å². The van der Waals surface area contributed by atoms with Crippen molar-refractivity contribution < 1.29 is 9.32 Å². The first-order chi connectivity index (χ1) is 15.1. The molecule has 1 fully saturated rings. The highest BCUT2D eigenvalue weighted by Crippen LogP contribution is 2.19. The number of aromatic nitrogens is 1. The van der Waals surface area contributed by atoms with Crippen LogP contribution >= 0.6 is 24.0 Å². The Hall–Kier alpha value is -2.10. The molecule has 3 rings (SSSR count). The summed E-state index contributed by atoms with van der Waals surface area (Å²) in [5, 5.41) is 10.7. The van der Waals surface area contributed by atoms with Gasteiger partial charge in [0.2, 0.25) is 5.91 Å². The van der Waals surface area contributed by atoms with Crippen molar-refractivity contribution >= 4 is 35.8 Å². The fraction of sp³-hybridized carbons (Fsp3) is 0.542. The van der Waals surface area contributed by atoms with Crippen LogP contribution in [0.25, 0.3) is 0 Å². The molecule has 1 aromatic heterocycles. The topological polar surface area (TPSA) is 82.8 Å². The van der Waals surface area contributed by atoms with E-state index in [4.69, 9.17) is 9.52 Å². The smallest absolute Gasteiger partial charge is 0.223 e. The van der Waals surface area contributed by atoms with Crippen molar-refractivity contribution in [3.8, 4) is 0 Å². The largest absolute Gasteiger partial charge is 0.361 e. The fourth-order valence-electron chi connectivity index (χ4n) is 3.99. The lowest BCUT2D eigenvalue weighted by molar-refractivity contribution is -0.127. The number of amides is 1. The van der Waals surface area contributed by atoms with Crippen LogP contribution in [0.1, 0.15) is 42.3 Å². The predicted molar refractivity (Wildman–Crippen MR) is 139 cm³/mol. The van der Waals surface area contributed by atoms with E-state index in [1.54, 1.807) is 0 Å². The minimum atomic E-state index is 0. The number of carbonyl (C=O) groups is 1. The maximum absolute atomic E-state index is 12.4. The molecule has 176 valence electrons. The molecular formula is C24H36IN5O2. The number of benzene rings is 1. The highest BCUT2D eigenvalue weighted by molar-refractivity contribution is 14.0. The number of guanidine groups is 1. The van der Waals surface area contributed by atoms with E-state index in [-0.39, 0.29) is 35.8 Å². The summed E-state index contributed by atoms with van der Waals surface area (Å²) in [6, 6.07) is 10.3. The van der Waals surface area contributed by atoms with Crippen LogP contribution in [0.4, 0.5) is 0 Å². The van der Waals surface area contributed by atoms with Crippen molar-refractivity contribution in [2.45, 2.75) is 46.5 Å². The zero-order chi connectivity index (χ0) is 22.1. The molecule has 0 radical (unpaired) electrons. The average Bonchev–Trinajstić information content (AvgIpc) is 3.29. The number of nitrogens with one attached hydrogen (secondary N) is 2. The van der Waals surface area contributed by atoms with Crippen LogP contribution in [0.2, 0.25) is 0 Å². The summed E-state index contributed by atoms with van der Waals surface area (Å²) in [4.78, 5) is 19.1. The molecule has 2 N–H and O–H groups in total. The second kappa shape index (κ2) is 13.4. The normalized spacial score (nSPS) is 16.2. The van der Waals surface area contributed by atoms with Crippen LogP contribution in [-0.4, -0.2) is 54.6 Å². The van der Waals surface area contributed by atoms with Crippen LogP contribution in [0.15, 0.2) is 39.8 Å². The maximum atomic E-state index is 12.4. The van der Waals surface area contributed by atoms with Crippen LogP contribution in [0, 0.1) is 19.8 Å². The molecule has 2 heterocycles. The second-order valence-corrected chi connectivity index (χ2v) is 8.20. The lowest BCUT2D eigenvalue weighted by Crippen LogP contribution is -2.38. The van der Waals surface area contributed by atoms with Crippen LogP contribution < -0.4 is 10.6 Å². The summed E-state index contributed by atoms with van der Waals surface area (Å²) in [6.45, 7) is 9.87. The number of likely N-dealkylation sites (tertiary alicyclic amines) is 1. The number of aryl methyl sites for hydroxylation is 2. The average molecular weight is 553 g/mol. The quantitative estimate of drug-likeness (QED) is 0.204. The Kier molecular flexibility index (Phi) is 11.0. The summed E-state index contributed by atoms with van der Waals surface area (Å²) in [5.41, 5.74) is 3.44. The van der Waals surface area contributed by atoms with Gasteiger partial charge in [0.15, 0.2) is 5.96 Å². The van der Waals surface area contributed by atoms with Gasteiger partial charge < -0.3 is 20.1 Å². The van der Waals surface area contributed by atoms with Gasteiger partial charge in [0.05, 0.1) is 5.69 Å². The van der Waals surface area contributed by atoms with Gasteiger partial charge in [-0.2, -0.15) is 0 Å². The Balaban J connectivity index is 0.00000363. The number of hydrogen-bond donors (Lipinski definition) is 2. The zero-order valence-corrected chi connectivity index (χ0v) is 21.7. The minimum absolute atomic E-state index is 0. The molecule has 7 nitrogen and oxygen atoms in total. The van der Waals surface area contributed by atoms with Crippen molar-refractivity contribution in [2.24, 2.45) is 10.9 Å². The molecule has 1 atom stereocenters. The minimum Gasteiger partial charge on any atom is -0.361 e. The van der Waals surface area contributed by atoms with E-state index in [1.165, 1.54) is 11.1 Å². The Morgan fingerprint density at radius 3 is 2.69 bits per heavy atom. The van der Waals surface area contributed by atoms with Crippen LogP contribution in [0.5, 0.6) is 0 Å². The summed E-state index contributed by atoms with van der Waals surface area (Å²) in [7, 11) is 0. The van der Waals surface area contributed by atoms with Gasteiger partial charge in [0.25, 0.3) is 0 Å². The summed E-state index contributed by atoms with van der Waals surface area (Å²) in [5.74, 6) is 2.24. The third kappa shape index (κ3) is 7.79. The van der Waals surface area contributed by atoms with Gasteiger partial charge >= 0.3 is 0 Å². The van der Waals surface area contributed by atoms with Gasteiger partial charge in [-0.15, -0.1) is 24.0 Å². The first-order valence-electron chi connectivity index (χ1n) is 11.3. The van der Waals surface area contributed by atoms with E-state index in [2.05, 4.69) is 34.8 Å². The molecular weight excluding hydrogens is 517 g/mol. The highest BCUT2D eigenvalue weighted by atomic mass is 127. The van der Waals surface area contributed by atoms with E-state index in [9.17, 15) is 4.79 Å². The highest BCUT2D eigenvalue weighted by Gasteiger charge is 2.29. The fourth-order valence-corrected chi connectivity index (χ4v) is 3.99. The third-order valence-corrected chi connectivity index (χ3v) is 5.74. The van der Waals surface area contributed by atoms with E-state index < -0.39 is 0 Å². The van der Waals surface area contributed by atoms with Gasteiger partial charge in [-0.25, -0.2) is 0 Å². The zero-order valence-electron chi connectivity index (χ0n) is 19.4. The third-order valence-electron chi connectivity index (χ3n) is 5.74. The van der Waals surface area contributed by atoms with Gasteiger partial charge in [-0.1, -0.05) is 35.5 Å². The lowest BCUT2D eigenvalue weighted by atomic mass is 10.1. The van der Waals surface area contributed by atoms with Crippen molar-refractivity contribution in [2.75, 3.05) is 32.7 Å². The Morgan fingerprint density at radius 1 is 1.22 bits per heavy atom. The Labute approximate surface area is 208 Å². The molecule has 0 bridgehead atoms. The van der Waals surface area contributed by atoms with E-state index in [0.29, 0.717) is 13.0 Å².